The van der Waals surface area contributed by atoms with Crippen molar-refractivity contribution in [2.45, 2.75) is 53.2 Å². The summed E-state index contributed by atoms with van der Waals surface area (Å²) in [6.07, 6.45) is 0. The summed E-state index contributed by atoms with van der Waals surface area (Å²) in [7, 11) is 1.74. The van der Waals surface area contributed by atoms with Gasteiger partial charge in [-0.25, -0.2) is 4.39 Å². The summed E-state index contributed by atoms with van der Waals surface area (Å²) >= 11 is 0. The molecule has 0 atom stereocenters. The Balaban J connectivity index is 2.44. The minimum Gasteiger partial charge on any atom is -0.355 e. The van der Waals surface area contributed by atoms with Crippen molar-refractivity contribution in [3.8, 4) is 0 Å². The van der Waals surface area contributed by atoms with Crippen molar-refractivity contribution in [3.05, 3.63) is 35.1 Å². The van der Waals surface area contributed by atoms with E-state index in [1.54, 1.807) is 26.1 Å². The summed E-state index contributed by atoms with van der Waals surface area (Å²) in [5.41, 5.74) is 1.57. The molecule has 1 aromatic carbocycles. The monoisotopic (exact) mass is 322 g/mol. The van der Waals surface area contributed by atoms with E-state index in [-0.39, 0.29) is 5.82 Å². The second kappa shape index (κ2) is 9.50. The molecule has 130 valence electrons. The molecule has 0 saturated carbocycles. The van der Waals surface area contributed by atoms with Crippen molar-refractivity contribution in [3.63, 3.8) is 0 Å². The molecule has 0 aromatic heterocycles. The lowest BCUT2D eigenvalue weighted by molar-refractivity contribution is 0.178. The summed E-state index contributed by atoms with van der Waals surface area (Å²) in [6, 6.07) is 6.32. The van der Waals surface area contributed by atoms with Gasteiger partial charge in [-0.1, -0.05) is 12.1 Å². The molecule has 23 heavy (non-hydrogen) atoms. The zero-order chi connectivity index (χ0) is 17.4. The van der Waals surface area contributed by atoms with Gasteiger partial charge in [-0.15, -0.1) is 0 Å². The summed E-state index contributed by atoms with van der Waals surface area (Å²) < 4.78 is 13.5. The summed E-state index contributed by atoms with van der Waals surface area (Å²) in [5, 5.41) is 6.53. The van der Waals surface area contributed by atoms with Crippen LogP contribution < -0.4 is 10.6 Å². The van der Waals surface area contributed by atoms with Crippen LogP contribution in [0.3, 0.4) is 0 Å². The molecule has 1 rings (SSSR count). The Labute approximate surface area is 140 Å². The summed E-state index contributed by atoms with van der Waals surface area (Å²) in [5.74, 6) is 0.565. The van der Waals surface area contributed by atoms with Crippen LogP contribution >= 0.6 is 0 Å². The van der Waals surface area contributed by atoms with Gasteiger partial charge >= 0.3 is 0 Å². The van der Waals surface area contributed by atoms with E-state index >= 15 is 0 Å². The molecule has 2 N–H and O–H groups in total. The Morgan fingerprint density at radius 3 is 2.35 bits per heavy atom. The molecule has 4 nitrogen and oxygen atoms in total. The molecule has 0 saturated heterocycles. The third kappa shape index (κ3) is 6.57. The van der Waals surface area contributed by atoms with Crippen LogP contribution in [-0.2, 0) is 6.54 Å². The van der Waals surface area contributed by atoms with Gasteiger partial charge in [0.25, 0.3) is 0 Å². The minimum absolute atomic E-state index is 0.170. The second-order valence-electron chi connectivity index (χ2n) is 6.36. The molecule has 0 unspecified atom stereocenters. The molecule has 0 bridgehead atoms. The fourth-order valence-electron chi connectivity index (χ4n) is 2.57. The maximum atomic E-state index is 13.5. The number of rotatable bonds is 7. The highest BCUT2D eigenvalue weighted by atomic mass is 19.1. The third-order valence-corrected chi connectivity index (χ3v) is 3.91. The highest BCUT2D eigenvalue weighted by Gasteiger charge is 2.12. The van der Waals surface area contributed by atoms with Crippen LogP contribution in [-0.4, -0.2) is 43.1 Å². The van der Waals surface area contributed by atoms with Gasteiger partial charge in [0.1, 0.15) is 5.82 Å². The lowest BCUT2D eigenvalue weighted by Crippen LogP contribution is -2.45. The van der Waals surface area contributed by atoms with Gasteiger partial charge in [-0.2, -0.15) is 0 Å². The quantitative estimate of drug-likeness (QED) is 0.599. The zero-order valence-electron chi connectivity index (χ0n) is 15.3. The fraction of sp³-hybridized carbons (Fsp3) is 0.611. The van der Waals surface area contributed by atoms with Gasteiger partial charge in [0, 0.05) is 38.8 Å². The first-order chi connectivity index (χ1) is 10.8. The number of nitrogens with one attached hydrogen (secondary N) is 2. The van der Waals surface area contributed by atoms with Gasteiger partial charge in [0.2, 0.25) is 0 Å². The second-order valence-corrected chi connectivity index (χ2v) is 6.36. The predicted molar refractivity (Wildman–Crippen MR) is 96.3 cm³/mol. The lowest BCUT2D eigenvalue weighted by Gasteiger charge is -2.30. The van der Waals surface area contributed by atoms with E-state index in [0.29, 0.717) is 24.2 Å². The van der Waals surface area contributed by atoms with Crippen molar-refractivity contribution in [2.24, 2.45) is 4.99 Å². The van der Waals surface area contributed by atoms with E-state index in [2.05, 4.69) is 48.2 Å². The van der Waals surface area contributed by atoms with Gasteiger partial charge in [-0.05, 0) is 51.8 Å². The Bertz CT molecular complexity index is 504. The standard InChI is InChI=1S/C18H31FN4/c1-13(2)23(14(3)4)10-9-21-18(20-6)22-12-16-8-7-15(5)17(19)11-16/h7-8,11,13-14H,9-10,12H2,1-6H3,(H2,20,21,22). The van der Waals surface area contributed by atoms with E-state index in [9.17, 15) is 4.39 Å². The van der Waals surface area contributed by atoms with Crippen molar-refractivity contribution in [1.29, 1.82) is 0 Å². The minimum atomic E-state index is -0.170. The van der Waals surface area contributed by atoms with E-state index in [1.165, 1.54) is 0 Å². The molecular weight excluding hydrogens is 291 g/mol. The van der Waals surface area contributed by atoms with Crippen LogP contribution in [0.25, 0.3) is 0 Å². The number of aliphatic imine (C=N–C) groups is 1. The smallest absolute Gasteiger partial charge is 0.191 e. The molecule has 0 aliphatic carbocycles. The fourth-order valence-corrected chi connectivity index (χ4v) is 2.57. The Morgan fingerprint density at radius 1 is 1.17 bits per heavy atom. The molecule has 0 spiro atoms. The summed E-state index contributed by atoms with van der Waals surface area (Å²) in [4.78, 5) is 6.64. The molecule has 0 aliphatic rings. The molecule has 0 amide bonds. The molecule has 0 aliphatic heterocycles. The van der Waals surface area contributed by atoms with E-state index < -0.39 is 0 Å². The molecule has 0 radical (unpaired) electrons. The van der Waals surface area contributed by atoms with E-state index in [0.717, 1.165) is 24.6 Å². The third-order valence-electron chi connectivity index (χ3n) is 3.91. The van der Waals surface area contributed by atoms with Crippen LogP contribution in [0.2, 0.25) is 0 Å². The highest BCUT2D eigenvalue weighted by molar-refractivity contribution is 5.79. The molecule has 5 heteroatoms. The van der Waals surface area contributed by atoms with E-state index in [1.807, 2.05) is 6.07 Å². The Morgan fingerprint density at radius 2 is 1.83 bits per heavy atom. The van der Waals surface area contributed by atoms with Crippen molar-refractivity contribution >= 4 is 5.96 Å². The molecule has 0 heterocycles. The Kier molecular flexibility index (Phi) is 8.03. The SMILES string of the molecule is CN=C(NCCN(C(C)C)C(C)C)NCc1ccc(C)c(F)c1. The molecule has 1 aromatic rings. The number of halogens is 1. The number of benzene rings is 1. The topological polar surface area (TPSA) is 39.7 Å². The van der Waals surface area contributed by atoms with Crippen LogP contribution in [0.5, 0.6) is 0 Å². The van der Waals surface area contributed by atoms with Gasteiger partial charge in [-0.3, -0.25) is 9.89 Å². The lowest BCUT2D eigenvalue weighted by atomic mass is 10.1. The first-order valence-corrected chi connectivity index (χ1v) is 8.30. The van der Waals surface area contributed by atoms with Gasteiger partial charge in [0.15, 0.2) is 5.96 Å². The molecular formula is C18H31FN4. The number of guanidine groups is 1. The normalized spacial score (nSPS) is 12.3. The van der Waals surface area contributed by atoms with Crippen molar-refractivity contribution in [1.82, 2.24) is 15.5 Å². The van der Waals surface area contributed by atoms with Crippen LogP contribution in [0, 0.1) is 12.7 Å². The first kappa shape index (κ1) is 19.4. The predicted octanol–water partition coefficient (Wildman–Crippen LogP) is 2.92. The maximum absolute atomic E-state index is 13.5. The summed E-state index contributed by atoms with van der Waals surface area (Å²) in [6.45, 7) is 12.9. The van der Waals surface area contributed by atoms with Crippen LogP contribution in [0.15, 0.2) is 23.2 Å². The number of aryl methyl sites for hydroxylation is 1. The number of hydrogen-bond acceptors (Lipinski definition) is 2. The van der Waals surface area contributed by atoms with Crippen LogP contribution in [0.4, 0.5) is 4.39 Å². The van der Waals surface area contributed by atoms with Gasteiger partial charge in [0.05, 0.1) is 0 Å². The first-order valence-electron chi connectivity index (χ1n) is 8.30. The van der Waals surface area contributed by atoms with E-state index in [4.69, 9.17) is 0 Å². The average molecular weight is 322 g/mol. The molecule has 0 fully saturated rings. The average Bonchev–Trinajstić information content (AvgIpc) is 2.49. The highest BCUT2D eigenvalue weighted by Crippen LogP contribution is 2.08. The zero-order valence-corrected chi connectivity index (χ0v) is 15.3. The Hall–Kier alpha value is -1.62. The van der Waals surface area contributed by atoms with Crippen LogP contribution in [0.1, 0.15) is 38.8 Å². The van der Waals surface area contributed by atoms with Crippen molar-refractivity contribution in [2.75, 3.05) is 20.1 Å². The number of nitrogens with zero attached hydrogens (tertiary/aromatic N) is 2. The van der Waals surface area contributed by atoms with Gasteiger partial charge < -0.3 is 10.6 Å². The number of hydrogen-bond donors (Lipinski definition) is 2. The maximum Gasteiger partial charge on any atom is 0.191 e. The largest absolute Gasteiger partial charge is 0.355 e. The van der Waals surface area contributed by atoms with Crippen molar-refractivity contribution < 1.29 is 4.39 Å².